The van der Waals surface area contributed by atoms with Crippen LogP contribution in [-0.4, -0.2) is 17.4 Å². The van der Waals surface area contributed by atoms with E-state index in [0.717, 1.165) is 50.3 Å². The number of nitrogens with zero attached hydrogens (tertiary/aromatic N) is 1. The number of hydrogen-bond acceptors (Lipinski definition) is 3. The third-order valence-electron chi connectivity index (χ3n) is 3.74. The number of pyridine rings is 1. The van der Waals surface area contributed by atoms with Gasteiger partial charge >= 0.3 is 0 Å². The molecule has 1 aliphatic rings. The molecule has 1 aromatic heterocycles. The Bertz CT molecular complexity index is 372. The number of carbonyl (C=O) groups is 1. The van der Waals surface area contributed by atoms with Crippen LogP contribution in [-0.2, 0) is 4.79 Å². The Morgan fingerprint density at radius 2 is 1.94 bits per heavy atom. The molecule has 2 rings (SSSR count). The monoisotopic (exact) mass is 247 g/mol. The number of aromatic nitrogens is 1. The summed E-state index contributed by atoms with van der Waals surface area (Å²) in [5.41, 5.74) is 6.40. The summed E-state index contributed by atoms with van der Waals surface area (Å²) in [7, 11) is 0. The molecule has 0 spiro atoms. The summed E-state index contributed by atoms with van der Waals surface area (Å²) in [5.74, 6) is 1.03. The van der Waals surface area contributed by atoms with E-state index in [9.17, 15) is 4.79 Å². The molecule has 98 valence electrons. The highest BCUT2D eigenvalue weighted by Gasteiger charge is 2.25. The van der Waals surface area contributed by atoms with E-state index in [1.807, 2.05) is 12.1 Å². The molecule has 1 aromatic rings. The van der Waals surface area contributed by atoms with E-state index in [2.05, 4.69) is 10.3 Å². The van der Waals surface area contributed by atoms with E-state index >= 15 is 0 Å². The van der Waals surface area contributed by atoms with Crippen LogP contribution in [0.3, 0.4) is 0 Å². The average molecular weight is 247 g/mol. The van der Waals surface area contributed by atoms with Crippen molar-refractivity contribution in [1.29, 1.82) is 0 Å². The molecule has 4 nitrogen and oxygen atoms in total. The van der Waals surface area contributed by atoms with Crippen molar-refractivity contribution >= 4 is 11.6 Å². The quantitative estimate of drug-likeness (QED) is 0.856. The predicted molar refractivity (Wildman–Crippen MR) is 72.0 cm³/mol. The first-order valence-electron chi connectivity index (χ1n) is 6.70. The van der Waals surface area contributed by atoms with E-state index < -0.39 is 0 Å². The van der Waals surface area contributed by atoms with Crippen molar-refractivity contribution in [3.8, 4) is 0 Å². The number of anilines is 1. The highest BCUT2D eigenvalue weighted by atomic mass is 16.1. The van der Waals surface area contributed by atoms with Crippen molar-refractivity contribution in [2.45, 2.75) is 32.1 Å². The highest BCUT2D eigenvalue weighted by Crippen LogP contribution is 2.31. The van der Waals surface area contributed by atoms with Gasteiger partial charge in [0.25, 0.3) is 0 Å². The van der Waals surface area contributed by atoms with Crippen LogP contribution >= 0.6 is 0 Å². The van der Waals surface area contributed by atoms with Crippen molar-refractivity contribution in [2.24, 2.45) is 17.6 Å². The molecule has 0 aromatic carbocycles. The molecule has 1 fully saturated rings. The molecule has 1 heterocycles. The lowest BCUT2D eigenvalue weighted by Gasteiger charge is -2.27. The number of hydrogen-bond donors (Lipinski definition) is 2. The molecule has 0 bridgehead atoms. The molecule has 3 N–H and O–H groups in total. The van der Waals surface area contributed by atoms with E-state index in [0.29, 0.717) is 0 Å². The van der Waals surface area contributed by atoms with Gasteiger partial charge in [0.15, 0.2) is 0 Å². The van der Waals surface area contributed by atoms with Crippen LogP contribution in [0.15, 0.2) is 24.5 Å². The molecule has 0 radical (unpaired) electrons. The third-order valence-corrected chi connectivity index (χ3v) is 3.74. The maximum absolute atomic E-state index is 12.1. The molecule has 0 aliphatic heterocycles. The Kier molecular flexibility index (Phi) is 4.70. The Hall–Kier alpha value is -1.42. The molecule has 4 heteroatoms. The molecule has 0 unspecified atom stereocenters. The van der Waals surface area contributed by atoms with Gasteiger partial charge < -0.3 is 11.1 Å². The van der Waals surface area contributed by atoms with E-state index in [4.69, 9.17) is 5.73 Å². The van der Waals surface area contributed by atoms with Gasteiger partial charge in [-0.25, -0.2) is 0 Å². The normalized spacial score (nSPS) is 23.6. The number of carbonyl (C=O) groups excluding carboxylic acids is 1. The minimum absolute atomic E-state index is 0.146. The van der Waals surface area contributed by atoms with Gasteiger partial charge in [-0.2, -0.15) is 0 Å². The zero-order valence-electron chi connectivity index (χ0n) is 10.6. The minimum atomic E-state index is 0.146. The van der Waals surface area contributed by atoms with Crippen molar-refractivity contribution in [3.63, 3.8) is 0 Å². The van der Waals surface area contributed by atoms with Crippen LogP contribution in [0.5, 0.6) is 0 Å². The number of nitrogens with one attached hydrogen (secondary N) is 1. The second-order valence-electron chi connectivity index (χ2n) is 5.02. The zero-order chi connectivity index (χ0) is 12.8. The SMILES string of the molecule is NCCC1CCC(C(=O)Nc2ccncc2)CC1. The molecule has 0 atom stereocenters. The maximum atomic E-state index is 12.1. The van der Waals surface area contributed by atoms with Crippen LogP contribution < -0.4 is 11.1 Å². The Balaban J connectivity index is 1.81. The summed E-state index contributed by atoms with van der Waals surface area (Å²) in [6.07, 6.45) is 8.71. The van der Waals surface area contributed by atoms with Crippen molar-refractivity contribution in [1.82, 2.24) is 4.98 Å². The summed E-state index contributed by atoms with van der Waals surface area (Å²) in [4.78, 5) is 16.0. The van der Waals surface area contributed by atoms with Crippen molar-refractivity contribution < 1.29 is 4.79 Å². The lowest BCUT2D eigenvalue weighted by molar-refractivity contribution is -0.121. The van der Waals surface area contributed by atoms with E-state index in [1.54, 1.807) is 12.4 Å². The van der Waals surface area contributed by atoms with Gasteiger partial charge in [0.1, 0.15) is 0 Å². The fourth-order valence-electron chi connectivity index (χ4n) is 2.63. The van der Waals surface area contributed by atoms with Gasteiger partial charge in [0.2, 0.25) is 5.91 Å². The van der Waals surface area contributed by atoms with Gasteiger partial charge in [0, 0.05) is 24.0 Å². The molecule has 0 saturated heterocycles. The zero-order valence-corrected chi connectivity index (χ0v) is 10.6. The van der Waals surface area contributed by atoms with Crippen LogP contribution in [0, 0.1) is 11.8 Å². The lowest BCUT2D eigenvalue weighted by atomic mass is 9.80. The average Bonchev–Trinajstić information content (AvgIpc) is 2.41. The van der Waals surface area contributed by atoms with Gasteiger partial charge in [-0.15, -0.1) is 0 Å². The summed E-state index contributed by atoms with van der Waals surface area (Å²) in [6.45, 7) is 0.762. The molecular formula is C14H21N3O. The number of amides is 1. The first-order chi connectivity index (χ1) is 8.79. The van der Waals surface area contributed by atoms with Crippen molar-refractivity contribution in [2.75, 3.05) is 11.9 Å². The minimum Gasteiger partial charge on any atom is -0.330 e. The van der Waals surface area contributed by atoms with Gasteiger partial charge in [-0.05, 0) is 56.7 Å². The topological polar surface area (TPSA) is 68.0 Å². The second-order valence-corrected chi connectivity index (χ2v) is 5.02. The molecule has 18 heavy (non-hydrogen) atoms. The second kappa shape index (κ2) is 6.50. The summed E-state index contributed by atoms with van der Waals surface area (Å²) < 4.78 is 0. The summed E-state index contributed by atoms with van der Waals surface area (Å²) >= 11 is 0. The summed E-state index contributed by atoms with van der Waals surface area (Å²) in [6, 6.07) is 3.63. The van der Waals surface area contributed by atoms with Gasteiger partial charge in [-0.1, -0.05) is 0 Å². The van der Waals surface area contributed by atoms with Crippen LogP contribution in [0.2, 0.25) is 0 Å². The van der Waals surface area contributed by atoms with Crippen molar-refractivity contribution in [3.05, 3.63) is 24.5 Å². The molecule has 1 amide bonds. The fraction of sp³-hybridized carbons (Fsp3) is 0.571. The van der Waals surface area contributed by atoms with E-state index in [1.165, 1.54) is 0 Å². The van der Waals surface area contributed by atoms with Gasteiger partial charge in [0.05, 0.1) is 0 Å². The first-order valence-corrected chi connectivity index (χ1v) is 6.70. The van der Waals surface area contributed by atoms with E-state index in [-0.39, 0.29) is 11.8 Å². The first kappa shape index (κ1) is 13.0. The highest BCUT2D eigenvalue weighted by molar-refractivity contribution is 5.92. The number of nitrogens with two attached hydrogens (primary N) is 1. The molecule has 1 aliphatic carbocycles. The molecule has 1 saturated carbocycles. The smallest absolute Gasteiger partial charge is 0.227 e. The van der Waals surface area contributed by atoms with Crippen LogP contribution in [0.4, 0.5) is 5.69 Å². The standard InChI is InChI=1S/C14H21N3O/c15-8-5-11-1-3-12(4-2-11)14(18)17-13-6-9-16-10-7-13/h6-7,9-12H,1-5,8,15H2,(H,16,17,18). The van der Waals surface area contributed by atoms with Gasteiger partial charge in [-0.3, -0.25) is 9.78 Å². The lowest BCUT2D eigenvalue weighted by Crippen LogP contribution is -2.27. The Labute approximate surface area is 108 Å². The predicted octanol–water partition coefficient (Wildman–Crippen LogP) is 2.18. The summed E-state index contributed by atoms with van der Waals surface area (Å²) in [5, 5.41) is 2.95. The Morgan fingerprint density at radius 1 is 1.28 bits per heavy atom. The number of rotatable bonds is 4. The largest absolute Gasteiger partial charge is 0.330 e. The van der Waals surface area contributed by atoms with Crippen LogP contribution in [0.1, 0.15) is 32.1 Å². The third kappa shape index (κ3) is 3.53. The van der Waals surface area contributed by atoms with Crippen LogP contribution in [0.25, 0.3) is 0 Å². The Morgan fingerprint density at radius 3 is 2.56 bits per heavy atom. The maximum Gasteiger partial charge on any atom is 0.227 e. The fourth-order valence-corrected chi connectivity index (χ4v) is 2.63. The molecular weight excluding hydrogens is 226 g/mol.